The Morgan fingerprint density at radius 3 is 1.55 bits per heavy atom. The molecule has 0 unspecified atom stereocenters. The van der Waals surface area contributed by atoms with Gasteiger partial charge in [0.1, 0.15) is 0 Å². The molecular weight excluding hydrogens is 406 g/mol. The summed E-state index contributed by atoms with van der Waals surface area (Å²) in [5, 5.41) is 10.4. The van der Waals surface area contributed by atoms with E-state index in [9.17, 15) is 0 Å². The number of nitrogens with zero attached hydrogens (tertiary/aromatic N) is 1. The standard InChI is InChI=1S/C14H27NO.C9H18.C5H10O.C2H4/c1-7-10-12(4)14(9-3)16-15(6)13(5)11-8-2;1-5-7-9(4)8(3)6-2;1-3-4-5(2)6;1-2/h8-9,12-14H,2-3,7,10-11H2,1,4-6H3;6,8-9H,2,5,7H2,1,3-4H3;3,5-6H,1,4H2,2H3;1-2H2/t12-,13-,14+;8-,9+;5-;/m100./s1. The van der Waals surface area contributed by atoms with Crippen molar-refractivity contribution in [3.05, 3.63) is 63.8 Å². The first-order valence-electron chi connectivity index (χ1n) is 12.6. The van der Waals surface area contributed by atoms with Crippen molar-refractivity contribution in [2.45, 2.75) is 105 Å². The summed E-state index contributed by atoms with van der Waals surface area (Å²) in [6, 6.07) is 0.355. The molecule has 196 valence electrons. The summed E-state index contributed by atoms with van der Waals surface area (Å²) in [5.41, 5.74) is 0. The Labute approximate surface area is 209 Å². The number of allylic oxidation sites excluding steroid dienone is 1. The Morgan fingerprint density at radius 1 is 0.788 bits per heavy atom. The van der Waals surface area contributed by atoms with Gasteiger partial charge in [0.2, 0.25) is 0 Å². The van der Waals surface area contributed by atoms with Gasteiger partial charge in [0.15, 0.2) is 0 Å². The summed E-state index contributed by atoms with van der Waals surface area (Å²) >= 11 is 0. The van der Waals surface area contributed by atoms with Crippen LogP contribution in [0.4, 0.5) is 0 Å². The first-order valence-corrected chi connectivity index (χ1v) is 12.6. The Kier molecular flexibility index (Phi) is 33.7. The van der Waals surface area contributed by atoms with Crippen LogP contribution in [0.2, 0.25) is 0 Å². The maximum absolute atomic E-state index is 8.48. The van der Waals surface area contributed by atoms with Crippen LogP contribution in [0.1, 0.15) is 87.0 Å². The smallest absolute Gasteiger partial charge is 0.0996 e. The molecule has 0 amide bonds. The lowest BCUT2D eigenvalue weighted by Crippen LogP contribution is -2.35. The number of hydrogen-bond acceptors (Lipinski definition) is 3. The van der Waals surface area contributed by atoms with Crippen LogP contribution in [-0.4, -0.2) is 35.5 Å². The van der Waals surface area contributed by atoms with Crippen LogP contribution in [0.15, 0.2) is 63.8 Å². The predicted molar refractivity (Wildman–Crippen MR) is 152 cm³/mol. The van der Waals surface area contributed by atoms with Crippen LogP contribution in [0, 0.1) is 17.8 Å². The van der Waals surface area contributed by atoms with E-state index in [4.69, 9.17) is 9.94 Å². The van der Waals surface area contributed by atoms with Crippen molar-refractivity contribution in [3.63, 3.8) is 0 Å². The molecule has 0 saturated carbocycles. The van der Waals surface area contributed by atoms with Gasteiger partial charge in [-0.05, 0) is 50.9 Å². The second kappa shape index (κ2) is 28.6. The Morgan fingerprint density at radius 2 is 1.24 bits per heavy atom. The highest BCUT2D eigenvalue weighted by atomic mass is 16.7. The molecule has 0 aromatic rings. The Bertz CT molecular complexity index is 447. The third-order valence-corrected chi connectivity index (χ3v) is 5.47. The van der Waals surface area contributed by atoms with Crippen molar-refractivity contribution >= 4 is 0 Å². The summed E-state index contributed by atoms with van der Waals surface area (Å²) < 4.78 is 0. The fraction of sp³-hybridized carbons (Fsp3) is 0.667. The summed E-state index contributed by atoms with van der Waals surface area (Å²) in [5.74, 6) is 2.01. The van der Waals surface area contributed by atoms with E-state index in [1.807, 2.05) is 30.3 Å². The molecule has 0 bridgehead atoms. The molecular formula is C30H59NO2. The van der Waals surface area contributed by atoms with Crippen molar-refractivity contribution in [2.75, 3.05) is 7.05 Å². The molecule has 33 heavy (non-hydrogen) atoms. The van der Waals surface area contributed by atoms with Gasteiger partial charge >= 0.3 is 0 Å². The molecule has 0 rings (SSSR count). The molecule has 0 fully saturated rings. The minimum Gasteiger partial charge on any atom is -0.393 e. The van der Waals surface area contributed by atoms with Crippen LogP contribution >= 0.6 is 0 Å². The molecule has 6 atom stereocenters. The van der Waals surface area contributed by atoms with Crippen LogP contribution in [0.3, 0.4) is 0 Å². The van der Waals surface area contributed by atoms with Crippen LogP contribution in [0.5, 0.6) is 0 Å². The van der Waals surface area contributed by atoms with Gasteiger partial charge in [0, 0.05) is 13.1 Å². The monoisotopic (exact) mass is 465 g/mol. The zero-order valence-corrected chi connectivity index (χ0v) is 23.6. The van der Waals surface area contributed by atoms with Gasteiger partial charge in [0.05, 0.1) is 12.2 Å². The van der Waals surface area contributed by atoms with Gasteiger partial charge in [-0.15, -0.1) is 39.5 Å². The zero-order valence-electron chi connectivity index (χ0n) is 23.6. The molecule has 3 nitrogen and oxygen atoms in total. The van der Waals surface area contributed by atoms with Crippen molar-refractivity contribution in [1.82, 2.24) is 5.06 Å². The molecule has 0 aliphatic carbocycles. The number of hydroxylamine groups is 2. The second-order valence-electron chi connectivity index (χ2n) is 8.73. The lowest BCUT2D eigenvalue weighted by molar-refractivity contribution is -0.199. The van der Waals surface area contributed by atoms with Crippen LogP contribution in [0.25, 0.3) is 0 Å². The van der Waals surface area contributed by atoms with E-state index in [0.29, 0.717) is 24.3 Å². The van der Waals surface area contributed by atoms with E-state index in [1.54, 1.807) is 13.0 Å². The zero-order chi connectivity index (χ0) is 26.8. The minimum absolute atomic E-state index is 0.109. The maximum Gasteiger partial charge on any atom is 0.0996 e. The second-order valence-corrected chi connectivity index (χ2v) is 8.73. The molecule has 0 radical (unpaired) electrons. The van der Waals surface area contributed by atoms with Gasteiger partial charge in [-0.25, -0.2) is 0 Å². The third-order valence-electron chi connectivity index (χ3n) is 5.47. The largest absolute Gasteiger partial charge is 0.393 e. The normalized spacial score (nSPS) is 15.3. The van der Waals surface area contributed by atoms with Gasteiger partial charge in [-0.1, -0.05) is 78.2 Å². The van der Waals surface area contributed by atoms with Gasteiger partial charge in [0.25, 0.3) is 0 Å². The molecule has 0 saturated heterocycles. The van der Waals surface area contributed by atoms with E-state index in [1.165, 1.54) is 25.7 Å². The number of aliphatic hydroxyl groups is 1. The third kappa shape index (κ3) is 26.7. The van der Waals surface area contributed by atoms with E-state index in [2.05, 4.69) is 81.0 Å². The molecule has 0 heterocycles. The predicted octanol–water partition coefficient (Wildman–Crippen LogP) is 8.80. The van der Waals surface area contributed by atoms with Crippen molar-refractivity contribution in [1.29, 1.82) is 0 Å². The minimum atomic E-state index is -0.220. The Balaban J connectivity index is -0.000000208. The first kappa shape index (κ1) is 38.8. The number of rotatable bonds is 15. The molecule has 0 spiro atoms. The molecule has 0 aliphatic heterocycles. The van der Waals surface area contributed by atoms with E-state index >= 15 is 0 Å². The lowest BCUT2D eigenvalue weighted by atomic mass is 9.92. The quantitative estimate of drug-likeness (QED) is 0.194. The summed E-state index contributed by atoms with van der Waals surface area (Å²) in [7, 11) is 1.98. The Hall–Kier alpha value is -1.42. The first-order chi connectivity index (χ1) is 15.6. The van der Waals surface area contributed by atoms with E-state index in [0.717, 1.165) is 12.3 Å². The van der Waals surface area contributed by atoms with Crippen molar-refractivity contribution < 1.29 is 9.94 Å². The van der Waals surface area contributed by atoms with Gasteiger partial charge < -0.3 is 5.11 Å². The summed E-state index contributed by atoms with van der Waals surface area (Å²) in [4.78, 5) is 5.90. The number of hydrogen-bond donors (Lipinski definition) is 1. The van der Waals surface area contributed by atoms with Crippen LogP contribution in [-0.2, 0) is 4.84 Å². The fourth-order valence-corrected chi connectivity index (χ4v) is 2.88. The maximum atomic E-state index is 8.48. The van der Waals surface area contributed by atoms with Crippen molar-refractivity contribution in [2.24, 2.45) is 17.8 Å². The molecule has 0 aromatic carbocycles. The summed E-state index contributed by atoms with van der Waals surface area (Å²) in [6.07, 6.45) is 14.0. The topological polar surface area (TPSA) is 32.7 Å². The van der Waals surface area contributed by atoms with Gasteiger partial charge in [-0.3, -0.25) is 4.84 Å². The molecule has 0 aromatic heterocycles. The molecule has 1 N–H and O–H groups in total. The molecule has 3 heteroatoms. The van der Waals surface area contributed by atoms with Crippen LogP contribution < -0.4 is 0 Å². The lowest BCUT2D eigenvalue weighted by Gasteiger charge is -2.29. The van der Waals surface area contributed by atoms with E-state index in [-0.39, 0.29) is 12.2 Å². The van der Waals surface area contributed by atoms with Gasteiger partial charge in [-0.2, -0.15) is 5.06 Å². The van der Waals surface area contributed by atoms with Crippen molar-refractivity contribution in [3.8, 4) is 0 Å². The van der Waals surface area contributed by atoms with E-state index < -0.39 is 0 Å². The highest BCUT2D eigenvalue weighted by Gasteiger charge is 2.18. The SMILES string of the molecule is C=C.C=CC[C@@H](C)N(C)O[C@@H](C=C)[C@H](C)CCC.C=CC[C@H](C)O.C=C[C@H](C)[C@H](C)CCC. The highest BCUT2D eigenvalue weighted by Crippen LogP contribution is 2.17. The highest BCUT2D eigenvalue weighted by molar-refractivity contribution is 4.84. The average molecular weight is 466 g/mol. The average Bonchev–Trinajstić information content (AvgIpc) is 2.79. The molecule has 0 aliphatic rings. The fourth-order valence-electron chi connectivity index (χ4n) is 2.88. The number of aliphatic hydroxyl groups excluding tert-OH is 1. The summed E-state index contributed by atoms with van der Waals surface area (Å²) in [6.45, 7) is 35.8.